The van der Waals surface area contributed by atoms with E-state index in [-0.39, 0.29) is 30.9 Å². The zero-order valence-electron chi connectivity index (χ0n) is 21.0. The summed E-state index contributed by atoms with van der Waals surface area (Å²) in [5.74, 6) is -1.23. The molecule has 7 heteroatoms. The summed E-state index contributed by atoms with van der Waals surface area (Å²) < 4.78 is 31.4. The van der Waals surface area contributed by atoms with E-state index in [4.69, 9.17) is 4.74 Å². The fourth-order valence-corrected chi connectivity index (χ4v) is 4.53. The van der Waals surface area contributed by atoms with Crippen LogP contribution in [0.25, 0.3) is 0 Å². The van der Waals surface area contributed by atoms with Gasteiger partial charge in [0.25, 0.3) is 5.92 Å². The number of nitrogens with zero attached hydrogens (tertiary/aromatic N) is 2. The van der Waals surface area contributed by atoms with Crippen LogP contribution in [-0.2, 0) is 11.2 Å². The monoisotopic (exact) mass is 485 g/mol. The van der Waals surface area contributed by atoms with Gasteiger partial charge in [-0.1, -0.05) is 31.2 Å². The van der Waals surface area contributed by atoms with Crippen LogP contribution in [0, 0.1) is 11.8 Å². The Labute approximate surface area is 207 Å². The fraction of sp³-hybridized carbons (Fsp3) is 0.571. The lowest BCUT2D eigenvalue weighted by molar-refractivity contribution is -0.122. The molecule has 2 aliphatic rings. The van der Waals surface area contributed by atoms with Gasteiger partial charge in [0, 0.05) is 25.6 Å². The Balaban J connectivity index is 1.20. The first-order valence-electron chi connectivity index (χ1n) is 12.9. The second kappa shape index (κ2) is 10.9. The lowest BCUT2D eigenvalue weighted by Crippen LogP contribution is -2.35. The van der Waals surface area contributed by atoms with Crippen LogP contribution < -0.4 is 15.0 Å². The molecule has 190 valence electrons. The number of aromatic nitrogens is 1. The Morgan fingerprint density at radius 3 is 2.60 bits per heavy atom. The molecule has 1 aliphatic heterocycles. The second-order valence-corrected chi connectivity index (χ2v) is 10.2. The van der Waals surface area contributed by atoms with Gasteiger partial charge in [0.1, 0.15) is 11.6 Å². The van der Waals surface area contributed by atoms with Crippen LogP contribution in [0.3, 0.4) is 0 Å². The molecule has 35 heavy (non-hydrogen) atoms. The Morgan fingerprint density at radius 2 is 1.97 bits per heavy atom. The molecular formula is C28H37F2N3O2. The fourth-order valence-electron chi connectivity index (χ4n) is 4.53. The van der Waals surface area contributed by atoms with Crippen molar-refractivity contribution in [2.75, 3.05) is 24.6 Å². The standard InChI is InChI=1S/C28H37F2N3O2/c1-4-19(2)32-27(34)20(3)23-9-7-21(8-10-23)5-6-22-13-14-33(17-22)26-12-11-25(16-31-26)35-18-24-15-28(24,29)30/h7-12,16,19-20,22,24H,4-6,13-15,17-18H2,1-3H3,(H,32,34)/t19-,20?,22-,24?/m1/s1. The van der Waals surface area contributed by atoms with Crippen LogP contribution in [0.5, 0.6) is 5.75 Å². The lowest BCUT2D eigenvalue weighted by atomic mass is 9.95. The summed E-state index contributed by atoms with van der Waals surface area (Å²) in [4.78, 5) is 19.2. The normalized spacial score (nSPS) is 22.5. The average molecular weight is 486 g/mol. The smallest absolute Gasteiger partial charge is 0.255 e. The number of amides is 1. The predicted octanol–water partition coefficient (Wildman–Crippen LogP) is 5.59. The van der Waals surface area contributed by atoms with Gasteiger partial charge in [-0.3, -0.25) is 4.79 Å². The van der Waals surface area contributed by atoms with Crippen molar-refractivity contribution in [1.82, 2.24) is 10.3 Å². The quantitative estimate of drug-likeness (QED) is 0.451. The number of carbonyl (C=O) groups is 1. The van der Waals surface area contributed by atoms with E-state index >= 15 is 0 Å². The van der Waals surface area contributed by atoms with Crippen molar-refractivity contribution in [3.8, 4) is 5.75 Å². The van der Waals surface area contributed by atoms with Gasteiger partial charge in [-0.05, 0) is 68.7 Å². The molecule has 5 nitrogen and oxygen atoms in total. The highest BCUT2D eigenvalue weighted by atomic mass is 19.3. The second-order valence-electron chi connectivity index (χ2n) is 10.2. The number of nitrogens with one attached hydrogen (secondary N) is 1. The largest absolute Gasteiger partial charge is 0.491 e. The van der Waals surface area contributed by atoms with Gasteiger partial charge in [0.2, 0.25) is 5.91 Å². The summed E-state index contributed by atoms with van der Waals surface area (Å²) in [6, 6.07) is 12.4. The third-order valence-electron chi connectivity index (χ3n) is 7.45. The molecule has 0 radical (unpaired) electrons. The number of hydrogen-bond acceptors (Lipinski definition) is 4. The van der Waals surface area contributed by atoms with Crippen LogP contribution in [0.2, 0.25) is 0 Å². The molecule has 2 fully saturated rings. The summed E-state index contributed by atoms with van der Waals surface area (Å²) in [5, 5.41) is 3.06. The van der Waals surface area contributed by atoms with Crippen molar-refractivity contribution >= 4 is 11.7 Å². The molecule has 2 heterocycles. The van der Waals surface area contributed by atoms with E-state index in [9.17, 15) is 13.6 Å². The maximum atomic E-state index is 13.0. The minimum atomic E-state index is -2.55. The summed E-state index contributed by atoms with van der Waals surface area (Å²) in [7, 11) is 0. The van der Waals surface area contributed by atoms with E-state index < -0.39 is 11.8 Å². The van der Waals surface area contributed by atoms with Crippen molar-refractivity contribution in [3.05, 3.63) is 53.7 Å². The topological polar surface area (TPSA) is 54.5 Å². The minimum absolute atomic E-state index is 0.0466. The van der Waals surface area contributed by atoms with Crippen LogP contribution in [0.1, 0.15) is 63.5 Å². The molecular weight excluding hydrogens is 448 g/mol. The van der Waals surface area contributed by atoms with Crippen LogP contribution in [-0.4, -0.2) is 42.6 Å². The Kier molecular flexibility index (Phi) is 7.92. The summed E-state index contributed by atoms with van der Waals surface area (Å²) in [6.07, 6.45) is 5.73. The first-order chi connectivity index (χ1) is 16.7. The first kappa shape index (κ1) is 25.4. The van der Waals surface area contributed by atoms with E-state index in [2.05, 4.69) is 46.4 Å². The third kappa shape index (κ3) is 6.71. The summed E-state index contributed by atoms with van der Waals surface area (Å²) in [5.41, 5.74) is 2.34. The zero-order valence-corrected chi connectivity index (χ0v) is 21.0. The molecule has 0 bridgehead atoms. The van der Waals surface area contributed by atoms with Crippen LogP contribution in [0.15, 0.2) is 42.6 Å². The number of aryl methyl sites for hydroxylation is 1. The molecule has 1 saturated carbocycles. The number of alkyl halides is 2. The van der Waals surface area contributed by atoms with E-state index in [1.807, 2.05) is 26.0 Å². The average Bonchev–Trinajstić information content (AvgIpc) is 3.24. The van der Waals surface area contributed by atoms with E-state index in [1.54, 1.807) is 6.20 Å². The molecule has 2 aromatic rings. The molecule has 4 rings (SSSR count). The van der Waals surface area contributed by atoms with E-state index in [0.29, 0.717) is 11.7 Å². The van der Waals surface area contributed by atoms with Gasteiger partial charge in [-0.15, -0.1) is 0 Å². The van der Waals surface area contributed by atoms with Crippen molar-refractivity contribution in [2.24, 2.45) is 11.8 Å². The number of hydrogen-bond donors (Lipinski definition) is 1. The molecule has 0 spiro atoms. The Bertz CT molecular complexity index is 981. The molecule has 4 atom stereocenters. The molecule has 1 amide bonds. The van der Waals surface area contributed by atoms with E-state index in [0.717, 1.165) is 50.2 Å². The molecule has 1 saturated heterocycles. The number of carbonyl (C=O) groups excluding carboxylic acids is 1. The van der Waals surface area contributed by atoms with Gasteiger partial charge in [-0.25, -0.2) is 13.8 Å². The number of halogens is 2. The van der Waals surface area contributed by atoms with Crippen molar-refractivity contribution in [2.45, 2.75) is 70.8 Å². The number of pyridine rings is 1. The molecule has 1 N–H and O–H groups in total. The maximum Gasteiger partial charge on any atom is 0.255 e. The third-order valence-corrected chi connectivity index (χ3v) is 7.45. The lowest BCUT2D eigenvalue weighted by Gasteiger charge is -2.18. The van der Waals surface area contributed by atoms with Gasteiger partial charge < -0.3 is 15.0 Å². The summed E-state index contributed by atoms with van der Waals surface area (Å²) in [6.45, 7) is 8.03. The molecule has 1 aromatic carbocycles. The van der Waals surface area contributed by atoms with Gasteiger partial charge >= 0.3 is 0 Å². The van der Waals surface area contributed by atoms with Crippen molar-refractivity contribution < 1.29 is 18.3 Å². The zero-order chi connectivity index (χ0) is 25.0. The van der Waals surface area contributed by atoms with E-state index in [1.165, 1.54) is 5.56 Å². The predicted molar refractivity (Wildman–Crippen MR) is 134 cm³/mol. The van der Waals surface area contributed by atoms with Crippen molar-refractivity contribution in [3.63, 3.8) is 0 Å². The van der Waals surface area contributed by atoms with Gasteiger partial charge in [-0.2, -0.15) is 0 Å². The highest BCUT2D eigenvalue weighted by Crippen LogP contribution is 2.48. The maximum absolute atomic E-state index is 13.0. The van der Waals surface area contributed by atoms with Crippen LogP contribution in [0.4, 0.5) is 14.6 Å². The Hall–Kier alpha value is -2.70. The van der Waals surface area contributed by atoms with Crippen LogP contribution >= 0.6 is 0 Å². The summed E-state index contributed by atoms with van der Waals surface area (Å²) >= 11 is 0. The molecule has 1 aliphatic carbocycles. The highest BCUT2D eigenvalue weighted by Gasteiger charge is 2.57. The number of rotatable bonds is 11. The highest BCUT2D eigenvalue weighted by molar-refractivity contribution is 5.83. The van der Waals surface area contributed by atoms with Gasteiger partial charge in [0.15, 0.2) is 0 Å². The molecule has 2 unspecified atom stereocenters. The molecule has 1 aromatic heterocycles. The van der Waals surface area contributed by atoms with Crippen molar-refractivity contribution in [1.29, 1.82) is 0 Å². The minimum Gasteiger partial charge on any atom is -0.491 e. The Morgan fingerprint density at radius 1 is 1.23 bits per heavy atom. The number of anilines is 1. The first-order valence-corrected chi connectivity index (χ1v) is 12.9. The van der Waals surface area contributed by atoms with Gasteiger partial charge in [0.05, 0.1) is 24.6 Å². The number of ether oxygens (including phenoxy) is 1. The number of benzene rings is 1. The SMILES string of the molecule is CC[C@@H](C)NC(=O)C(C)c1ccc(CC[C@@H]2CCN(c3ccc(OCC4CC4(F)F)cn3)C2)cc1.